The number of nitro groups is 1. The molecular formula is C7H6N2O4. The van der Waals surface area contributed by atoms with Gasteiger partial charge in [0.05, 0.1) is 4.92 Å². The molecule has 0 bridgehead atoms. The number of carbonyl (C=O) groups is 1. The number of nitrogens with zero attached hydrogens (tertiary/aromatic N) is 1. The second-order valence-electron chi connectivity index (χ2n) is 2.25. The lowest BCUT2D eigenvalue weighted by molar-refractivity contribution is -0.384. The third kappa shape index (κ3) is 2.00. The van der Waals surface area contributed by atoms with Gasteiger partial charge in [0.1, 0.15) is 0 Å². The van der Waals surface area contributed by atoms with Crippen molar-refractivity contribution >= 4 is 11.6 Å². The summed E-state index contributed by atoms with van der Waals surface area (Å²) >= 11 is 0. The number of amides is 1. The van der Waals surface area contributed by atoms with Crippen LogP contribution in [-0.4, -0.2) is 16.0 Å². The van der Waals surface area contributed by atoms with Crippen LogP contribution in [0.4, 0.5) is 5.69 Å². The molecule has 0 radical (unpaired) electrons. The third-order valence-electron chi connectivity index (χ3n) is 1.42. The van der Waals surface area contributed by atoms with Crippen LogP contribution in [0.5, 0.6) is 0 Å². The first kappa shape index (κ1) is 9.14. The second-order valence-corrected chi connectivity index (χ2v) is 2.25. The molecule has 0 unspecified atom stereocenters. The van der Waals surface area contributed by atoms with Crippen LogP contribution < -0.4 is 5.48 Å². The average Bonchev–Trinajstić information content (AvgIpc) is 2.17. The molecule has 68 valence electrons. The first-order valence-corrected chi connectivity index (χ1v) is 3.34. The fraction of sp³-hybridized carbons (Fsp3) is 0. The third-order valence-corrected chi connectivity index (χ3v) is 1.42. The highest BCUT2D eigenvalue weighted by Crippen LogP contribution is 2.12. The number of hydrogen-bond acceptors (Lipinski definition) is 4. The lowest BCUT2D eigenvalue weighted by Crippen LogP contribution is -2.18. The van der Waals surface area contributed by atoms with Crippen molar-refractivity contribution < 1.29 is 14.9 Å². The molecule has 0 atom stereocenters. The summed E-state index contributed by atoms with van der Waals surface area (Å²) in [6.07, 6.45) is 0. The Labute approximate surface area is 72.9 Å². The van der Waals surface area contributed by atoms with Gasteiger partial charge in [-0.15, -0.1) is 0 Å². The Bertz CT molecular complexity index is 350. The zero-order chi connectivity index (χ0) is 9.84. The van der Waals surface area contributed by atoms with Gasteiger partial charge in [-0.25, -0.2) is 5.48 Å². The van der Waals surface area contributed by atoms with E-state index in [1.807, 2.05) is 0 Å². The van der Waals surface area contributed by atoms with E-state index >= 15 is 0 Å². The topological polar surface area (TPSA) is 92.5 Å². The molecule has 13 heavy (non-hydrogen) atoms. The van der Waals surface area contributed by atoms with Crippen molar-refractivity contribution in [2.45, 2.75) is 0 Å². The van der Waals surface area contributed by atoms with Gasteiger partial charge >= 0.3 is 0 Å². The minimum atomic E-state index is -0.774. The van der Waals surface area contributed by atoms with Crippen LogP contribution in [0.3, 0.4) is 0 Å². The van der Waals surface area contributed by atoms with Gasteiger partial charge in [0.15, 0.2) is 0 Å². The zero-order valence-electron chi connectivity index (χ0n) is 6.43. The zero-order valence-corrected chi connectivity index (χ0v) is 6.43. The lowest BCUT2D eigenvalue weighted by atomic mass is 10.2. The van der Waals surface area contributed by atoms with E-state index in [-0.39, 0.29) is 11.3 Å². The Hall–Kier alpha value is -1.95. The van der Waals surface area contributed by atoms with Crippen molar-refractivity contribution in [3.8, 4) is 0 Å². The Morgan fingerprint density at radius 2 is 2.23 bits per heavy atom. The molecule has 0 heterocycles. The highest BCUT2D eigenvalue weighted by molar-refractivity contribution is 5.93. The standard InChI is InChI=1S/C7H6N2O4/c10-7(8-11)5-2-1-3-6(4-5)9(12)13/h1-4,11H,(H,8,10). The summed E-state index contributed by atoms with van der Waals surface area (Å²) in [6, 6.07) is 5.06. The van der Waals surface area contributed by atoms with Gasteiger partial charge < -0.3 is 0 Å². The van der Waals surface area contributed by atoms with E-state index in [1.54, 1.807) is 0 Å². The number of hydrogen-bond donors (Lipinski definition) is 2. The molecule has 0 fully saturated rings. The van der Waals surface area contributed by atoms with Crippen LogP contribution in [-0.2, 0) is 0 Å². The van der Waals surface area contributed by atoms with Crippen molar-refractivity contribution in [1.82, 2.24) is 5.48 Å². The van der Waals surface area contributed by atoms with Gasteiger partial charge in [0.25, 0.3) is 11.6 Å². The van der Waals surface area contributed by atoms with E-state index < -0.39 is 10.8 Å². The molecule has 6 heteroatoms. The molecule has 2 N–H and O–H groups in total. The van der Waals surface area contributed by atoms with Gasteiger partial charge in [-0.05, 0) is 6.07 Å². The summed E-state index contributed by atoms with van der Waals surface area (Å²) in [6.45, 7) is 0. The van der Waals surface area contributed by atoms with Gasteiger partial charge in [0, 0.05) is 17.7 Å². The Kier molecular flexibility index (Phi) is 2.56. The van der Waals surface area contributed by atoms with Crippen LogP contribution in [0.1, 0.15) is 10.4 Å². The molecule has 6 nitrogen and oxygen atoms in total. The maximum Gasteiger partial charge on any atom is 0.274 e. The first-order valence-electron chi connectivity index (χ1n) is 3.34. The van der Waals surface area contributed by atoms with Crippen molar-refractivity contribution in [1.29, 1.82) is 0 Å². The predicted octanol–water partition coefficient (Wildman–Crippen LogP) is 0.714. The molecule has 0 aliphatic carbocycles. The molecule has 1 rings (SSSR count). The van der Waals surface area contributed by atoms with Crippen LogP contribution in [0.2, 0.25) is 0 Å². The summed E-state index contributed by atoms with van der Waals surface area (Å²) < 4.78 is 0. The number of non-ortho nitro benzene ring substituents is 1. The monoisotopic (exact) mass is 182 g/mol. The quantitative estimate of drug-likeness (QED) is 0.400. The summed E-state index contributed by atoms with van der Waals surface area (Å²) in [5.41, 5.74) is 1.23. The van der Waals surface area contributed by atoms with E-state index in [0.29, 0.717) is 0 Å². The Morgan fingerprint density at radius 3 is 2.77 bits per heavy atom. The number of benzene rings is 1. The first-order chi connectivity index (χ1) is 6.15. The van der Waals surface area contributed by atoms with Gasteiger partial charge in [0.2, 0.25) is 0 Å². The van der Waals surface area contributed by atoms with Crippen LogP contribution in [0.15, 0.2) is 24.3 Å². The Morgan fingerprint density at radius 1 is 1.54 bits per heavy atom. The summed E-state index contributed by atoms with van der Waals surface area (Å²) in [4.78, 5) is 20.5. The maximum absolute atomic E-state index is 10.8. The number of rotatable bonds is 2. The molecule has 1 amide bonds. The normalized spacial score (nSPS) is 9.31. The molecule has 0 spiro atoms. The molecule has 0 aromatic heterocycles. The molecule has 1 aromatic rings. The van der Waals surface area contributed by atoms with E-state index in [0.717, 1.165) is 6.07 Å². The number of carbonyl (C=O) groups excluding carboxylic acids is 1. The average molecular weight is 182 g/mol. The van der Waals surface area contributed by atoms with E-state index in [9.17, 15) is 14.9 Å². The van der Waals surface area contributed by atoms with Gasteiger partial charge in [-0.1, -0.05) is 6.07 Å². The lowest BCUT2D eigenvalue weighted by Gasteiger charge is -1.97. The molecule has 0 aliphatic heterocycles. The van der Waals surface area contributed by atoms with Crippen LogP contribution >= 0.6 is 0 Å². The smallest absolute Gasteiger partial charge is 0.274 e. The van der Waals surface area contributed by atoms with Crippen molar-refractivity contribution in [2.24, 2.45) is 0 Å². The second kappa shape index (κ2) is 3.63. The molecule has 1 aromatic carbocycles. The minimum absolute atomic E-state index is 0.0386. The Balaban J connectivity index is 3.05. The van der Waals surface area contributed by atoms with Crippen molar-refractivity contribution in [2.75, 3.05) is 0 Å². The van der Waals surface area contributed by atoms with Gasteiger partial charge in [-0.3, -0.25) is 20.1 Å². The minimum Gasteiger partial charge on any atom is -0.288 e. The number of nitro benzene ring substituents is 1. The van der Waals surface area contributed by atoms with E-state index in [4.69, 9.17) is 5.21 Å². The fourth-order valence-corrected chi connectivity index (χ4v) is 0.825. The summed E-state index contributed by atoms with van der Waals surface area (Å²) in [7, 11) is 0. The summed E-state index contributed by atoms with van der Waals surface area (Å²) in [5.74, 6) is -0.774. The summed E-state index contributed by atoms with van der Waals surface area (Å²) in [5, 5.41) is 18.5. The molecule has 0 saturated heterocycles. The van der Waals surface area contributed by atoms with Gasteiger partial charge in [-0.2, -0.15) is 0 Å². The van der Waals surface area contributed by atoms with Crippen molar-refractivity contribution in [3.63, 3.8) is 0 Å². The molecule has 0 aliphatic rings. The largest absolute Gasteiger partial charge is 0.288 e. The highest BCUT2D eigenvalue weighted by atomic mass is 16.6. The fourth-order valence-electron chi connectivity index (χ4n) is 0.825. The molecular weight excluding hydrogens is 176 g/mol. The SMILES string of the molecule is O=C(NO)c1cccc([N+](=O)[O-])c1. The van der Waals surface area contributed by atoms with E-state index in [2.05, 4.69) is 0 Å². The number of hydroxylamine groups is 1. The molecule has 0 saturated carbocycles. The van der Waals surface area contributed by atoms with Crippen LogP contribution in [0, 0.1) is 10.1 Å². The maximum atomic E-state index is 10.8. The van der Waals surface area contributed by atoms with E-state index in [1.165, 1.54) is 23.7 Å². The predicted molar refractivity (Wildman–Crippen MR) is 42.3 cm³/mol. The number of nitrogens with one attached hydrogen (secondary N) is 1. The van der Waals surface area contributed by atoms with Crippen molar-refractivity contribution in [3.05, 3.63) is 39.9 Å². The highest BCUT2D eigenvalue weighted by Gasteiger charge is 2.09. The van der Waals surface area contributed by atoms with Crippen LogP contribution in [0.25, 0.3) is 0 Å².